The van der Waals surface area contributed by atoms with E-state index in [1.807, 2.05) is 0 Å². The molecule has 4 nitrogen and oxygen atoms in total. The molecule has 1 aromatic rings. The van der Waals surface area contributed by atoms with Gasteiger partial charge >= 0.3 is 0 Å². The fraction of sp³-hybridized carbons (Fsp3) is 0.611. The van der Waals surface area contributed by atoms with Crippen LogP contribution >= 0.6 is 12.4 Å². The van der Waals surface area contributed by atoms with Gasteiger partial charge in [-0.05, 0) is 23.5 Å². The molecule has 0 saturated carbocycles. The van der Waals surface area contributed by atoms with E-state index in [9.17, 15) is 4.79 Å². The van der Waals surface area contributed by atoms with Crippen molar-refractivity contribution in [3.8, 4) is 0 Å². The van der Waals surface area contributed by atoms with Gasteiger partial charge in [0.05, 0.1) is 19.2 Å². The summed E-state index contributed by atoms with van der Waals surface area (Å²) in [6.07, 6.45) is 2.25. The highest BCUT2D eigenvalue weighted by Gasteiger charge is 2.18. The second kappa shape index (κ2) is 12.3. The maximum absolute atomic E-state index is 12.0. The Morgan fingerprint density at radius 2 is 1.87 bits per heavy atom. The number of rotatable bonds is 10. The number of methoxy groups -OCH3 is 1. The van der Waals surface area contributed by atoms with E-state index >= 15 is 0 Å². The zero-order valence-electron chi connectivity index (χ0n) is 14.7. The number of aryl methyl sites for hydroxylation is 1. The lowest BCUT2D eigenvalue weighted by Gasteiger charge is -2.23. The zero-order valence-corrected chi connectivity index (χ0v) is 15.5. The van der Waals surface area contributed by atoms with Gasteiger partial charge in [0.25, 0.3) is 0 Å². The Balaban J connectivity index is 0.00000484. The predicted octanol–water partition coefficient (Wildman–Crippen LogP) is 3.11. The summed E-state index contributed by atoms with van der Waals surface area (Å²) in [6, 6.07) is 8.64. The molecule has 0 aliphatic carbocycles. The van der Waals surface area contributed by atoms with Crippen LogP contribution in [0.4, 0.5) is 0 Å². The molecular weight excluding hydrogens is 312 g/mol. The molecule has 0 aliphatic heterocycles. The molecule has 1 amide bonds. The summed E-state index contributed by atoms with van der Waals surface area (Å²) in [5.41, 5.74) is 2.52. The Morgan fingerprint density at radius 1 is 1.22 bits per heavy atom. The van der Waals surface area contributed by atoms with Crippen LogP contribution in [0.2, 0.25) is 0 Å². The molecule has 5 heteroatoms. The second-order valence-corrected chi connectivity index (χ2v) is 5.95. The number of hydrogen-bond acceptors (Lipinski definition) is 3. The summed E-state index contributed by atoms with van der Waals surface area (Å²) in [7, 11) is 1.65. The molecule has 1 aromatic carbocycles. The van der Waals surface area contributed by atoms with Crippen molar-refractivity contribution < 1.29 is 9.53 Å². The van der Waals surface area contributed by atoms with Crippen LogP contribution in [-0.4, -0.2) is 32.7 Å². The molecule has 0 aliphatic rings. The number of carbonyl (C=O) groups excluding carboxylic acids is 1. The summed E-state index contributed by atoms with van der Waals surface area (Å²) >= 11 is 0. The van der Waals surface area contributed by atoms with E-state index in [2.05, 4.69) is 55.7 Å². The van der Waals surface area contributed by atoms with Gasteiger partial charge in [0, 0.05) is 13.7 Å². The molecule has 1 unspecified atom stereocenters. The molecule has 0 saturated heterocycles. The first-order valence-electron chi connectivity index (χ1n) is 8.16. The van der Waals surface area contributed by atoms with Crippen molar-refractivity contribution in [1.82, 2.24) is 10.6 Å². The molecule has 2 N–H and O–H groups in total. The molecular formula is C18H31ClN2O2. The van der Waals surface area contributed by atoms with Crippen molar-refractivity contribution in [2.75, 3.05) is 26.8 Å². The molecule has 0 fully saturated rings. The SMILES string of the molecule is CCCc1ccc(C(NC(=O)CNCCOC)C(C)C)cc1.Cl. The van der Waals surface area contributed by atoms with Crippen molar-refractivity contribution in [3.05, 3.63) is 35.4 Å². The van der Waals surface area contributed by atoms with Crippen LogP contribution in [0.3, 0.4) is 0 Å². The van der Waals surface area contributed by atoms with Gasteiger partial charge < -0.3 is 15.4 Å². The van der Waals surface area contributed by atoms with Crippen molar-refractivity contribution >= 4 is 18.3 Å². The van der Waals surface area contributed by atoms with Crippen LogP contribution < -0.4 is 10.6 Å². The smallest absolute Gasteiger partial charge is 0.234 e. The van der Waals surface area contributed by atoms with Crippen LogP contribution in [0.25, 0.3) is 0 Å². The Kier molecular flexibility index (Phi) is 11.7. The molecule has 0 aromatic heterocycles. The standard InChI is InChI=1S/C18H30N2O2.ClH/c1-5-6-15-7-9-16(10-8-15)18(14(2)3)20-17(21)13-19-11-12-22-4;/h7-10,14,18-19H,5-6,11-13H2,1-4H3,(H,20,21);1H. The number of hydrogen-bond donors (Lipinski definition) is 2. The van der Waals surface area contributed by atoms with E-state index in [1.54, 1.807) is 7.11 Å². The number of halogens is 1. The first-order valence-corrected chi connectivity index (χ1v) is 8.16. The predicted molar refractivity (Wildman–Crippen MR) is 98.2 cm³/mol. The third-order valence-electron chi connectivity index (χ3n) is 3.63. The van der Waals surface area contributed by atoms with Crippen LogP contribution in [0, 0.1) is 5.92 Å². The maximum Gasteiger partial charge on any atom is 0.234 e. The van der Waals surface area contributed by atoms with Gasteiger partial charge in [-0.15, -0.1) is 12.4 Å². The molecule has 0 bridgehead atoms. The van der Waals surface area contributed by atoms with E-state index in [1.165, 1.54) is 11.1 Å². The van der Waals surface area contributed by atoms with Crippen LogP contribution in [0.5, 0.6) is 0 Å². The Bertz CT molecular complexity index is 435. The van der Waals surface area contributed by atoms with Crippen LogP contribution in [0.15, 0.2) is 24.3 Å². The highest BCUT2D eigenvalue weighted by atomic mass is 35.5. The number of carbonyl (C=O) groups is 1. The number of ether oxygens (including phenoxy) is 1. The quantitative estimate of drug-likeness (QED) is 0.642. The van der Waals surface area contributed by atoms with E-state index < -0.39 is 0 Å². The molecule has 0 heterocycles. The zero-order chi connectivity index (χ0) is 16.4. The lowest BCUT2D eigenvalue weighted by molar-refractivity contribution is -0.121. The summed E-state index contributed by atoms with van der Waals surface area (Å²) in [5.74, 6) is 0.368. The number of amides is 1. The number of nitrogens with one attached hydrogen (secondary N) is 2. The Hall–Kier alpha value is -1.10. The van der Waals surface area contributed by atoms with Crippen molar-refractivity contribution in [1.29, 1.82) is 0 Å². The lowest BCUT2D eigenvalue weighted by atomic mass is 9.94. The minimum atomic E-state index is 0. The van der Waals surface area contributed by atoms with Gasteiger partial charge in [-0.1, -0.05) is 51.5 Å². The highest BCUT2D eigenvalue weighted by Crippen LogP contribution is 2.22. The van der Waals surface area contributed by atoms with Gasteiger partial charge in [-0.2, -0.15) is 0 Å². The molecule has 0 radical (unpaired) electrons. The second-order valence-electron chi connectivity index (χ2n) is 5.95. The average Bonchev–Trinajstić information content (AvgIpc) is 2.50. The maximum atomic E-state index is 12.0. The molecule has 1 atom stereocenters. The van der Waals surface area contributed by atoms with E-state index in [-0.39, 0.29) is 24.4 Å². The molecule has 23 heavy (non-hydrogen) atoms. The van der Waals surface area contributed by atoms with E-state index in [0.29, 0.717) is 25.6 Å². The fourth-order valence-electron chi connectivity index (χ4n) is 2.42. The summed E-state index contributed by atoms with van der Waals surface area (Å²) in [6.45, 7) is 8.05. The molecule has 132 valence electrons. The third kappa shape index (κ3) is 8.35. The van der Waals surface area contributed by atoms with Crippen molar-refractivity contribution in [2.45, 2.75) is 39.7 Å². The number of benzene rings is 1. The first-order chi connectivity index (χ1) is 10.6. The normalized spacial score (nSPS) is 11.9. The average molecular weight is 343 g/mol. The molecule has 0 spiro atoms. The van der Waals surface area contributed by atoms with Gasteiger partial charge in [-0.3, -0.25) is 4.79 Å². The van der Waals surface area contributed by atoms with Gasteiger partial charge in [0.1, 0.15) is 0 Å². The largest absolute Gasteiger partial charge is 0.383 e. The van der Waals surface area contributed by atoms with Crippen LogP contribution in [0.1, 0.15) is 44.4 Å². The Morgan fingerprint density at radius 3 is 2.39 bits per heavy atom. The van der Waals surface area contributed by atoms with Gasteiger partial charge in [0.15, 0.2) is 0 Å². The molecule has 1 rings (SSSR count). The summed E-state index contributed by atoms with van der Waals surface area (Å²) in [5, 5.41) is 6.19. The van der Waals surface area contributed by atoms with Gasteiger partial charge in [0.2, 0.25) is 5.91 Å². The monoisotopic (exact) mass is 342 g/mol. The first kappa shape index (κ1) is 21.9. The van der Waals surface area contributed by atoms with E-state index in [0.717, 1.165) is 12.8 Å². The van der Waals surface area contributed by atoms with E-state index in [4.69, 9.17) is 4.74 Å². The van der Waals surface area contributed by atoms with Crippen LogP contribution in [-0.2, 0) is 16.0 Å². The lowest BCUT2D eigenvalue weighted by Crippen LogP contribution is -2.38. The Labute approximate surface area is 146 Å². The van der Waals surface area contributed by atoms with Gasteiger partial charge in [-0.25, -0.2) is 0 Å². The van der Waals surface area contributed by atoms with Crippen molar-refractivity contribution in [2.24, 2.45) is 5.92 Å². The fourth-order valence-corrected chi connectivity index (χ4v) is 2.42. The minimum Gasteiger partial charge on any atom is -0.383 e. The van der Waals surface area contributed by atoms with Crippen molar-refractivity contribution in [3.63, 3.8) is 0 Å². The minimum absolute atomic E-state index is 0. The summed E-state index contributed by atoms with van der Waals surface area (Å²) < 4.78 is 4.95. The topological polar surface area (TPSA) is 50.4 Å². The summed E-state index contributed by atoms with van der Waals surface area (Å²) in [4.78, 5) is 12.0. The highest BCUT2D eigenvalue weighted by molar-refractivity contribution is 5.85. The third-order valence-corrected chi connectivity index (χ3v) is 3.63.